The minimum absolute atomic E-state index is 0.266. The molecule has 0 aliphatic carbocycles. The molecule has 0 radical (unpaired) electrons. The summed E-state index contributed by atoms with van der Waals surface area (Å²) in [5.74, 6) is 0.266. The summed E-state index contributed by atoms with van der Waals surface area (Å²) in [7, 11) is 0. The van der Waals surface area contributed by atoms with Crippen molar-refractivity contribution in [2.24, 2.45) is 0 Å². The zero-order valence-corrected chi connectivity index (χ0v) is 12.8. The van der Waals surface area contributed by atoms with E-state index in [0.717, 1.165) is 16.7 Å². The maximum Gasteiger partial charge on any atom is 0.230 e. The Labute approximate surface area is 129 Å². The molecule has 0 amide bonds. The van der Waals surface area contributed by atoms with E-state index in [1.807, 2.05) is 31.2 Å². The fourth-order valence-electron chi connectivity index (χ4n) is 1.99. The van der Waals surface area contributed by atoms with Crippen LogP contribution in [0.15, 0.2) is 34.9 Å². The number of hydrogen-bond donors (Lipinski definition) is 1. The Kier molecular flexibility index (Phi) is 3.46. The molecule has 0 bridgehead atoms. The number of aromatic nitrogens is 1. The monoisotopic (exact) mass is 324 g/mol. The second-order valence-corrected chi connectivity index (χ2v) is 6.66. The molecule has 0 unspecified atom stereocenters. The van der Waals surface area contributed by atoms with Crippen LogP contribution in [0.4, 0.5) is 5.88 Å². The first kappa shape index (κ1) is 13.5. The second kappa shape index (κ2) is 5.13. The van der Waals surface area contributed by atoms with Gasteiger partial charge in [0.15, 0.2) is 0 Å². The molecule has 20 heavy (non-hydrogen) atoms. The van der Waals surface area contributed by atoms with Gasteiger partial charge in [0.1, 0.15) is 10.0 Å². The van der Waals surface area contributed by atoms with Crippen LogP contribution in [0.3, 0.4) is 0 Å². The van der Waals surface area contributed by atoms with Gasteiger partial charge in [0.2, 0.25) is 5.88 Å². The number of aryl methyl sites for hydroxylation is 1. The van der Waals surface area contributed by atoms with Crippen molar-refractivity contribution in [2.75, 3.05) is 5.73 Å². The van der Waals surface area contributed by atoms with E-state index < -0.39 is 0 Å². The van der Waals surface area contributed by atoms with E-state index in [9.17, 15) is 0 Å². The molecule has 0 saturated heterocycles. The molecule has 0 aliphatic rings. The molecule has 2 heterocycles. The normalized spacial score (nSPS) is 10.9. The van der Waals surface area contributed by atoms with E-state index in [2.05, 4.69) is 5.16 Å². The molecule has 3 rings (SSSR count). The number of thiophene rings is 1. The van der Waals surface area contributed by atoms with E-state index in [1.165, 1.54) is 16.9 Å². The van der Waals surface area contributed by atoms with Gasteiger partial charge in [-0.05, 0) is 18.6 Å². The maximum atomic E-state index is 6.19. The number of benzene rings is 1. The number of hydrogen-bond acceptors (Lipinski definition) is 4. The molecule has 102 valence electrons. The number of rotatable bonds is 2. The van der Waals surface area contributed by atoms with E-state index in [4.69, 9.17) is 33.5 Å². The lowest BCUT2D eigenvalue weighted by Gasteiger charge is -2.02. The Balaban J connectivity index is 2.19. The first-order valence-electron chi connectivity index (χ1n) is 5.83. The fourth-order valence-corrected chi connectivity index (χ4v) is 3.45. The van der Waals surface area contributed by atoms with E-state index in [1.54, 1.807) is 6.07 Å². The van der Waals surface area contributed by atoms with Crippen molar-refractivity contribution in [1.82, 2.24) is 5.16 Å². The van der Waals surface area contributed by atoms with Crippen molar-refractivity contribution in [2.45, 2.75) is 6.92 Å². The second-order valence-electron chi connectivity index (χ2n) is 4.37. The van der Waals surface area contributed by atoms with Crippen molar-refractivity contribution >= 4 is 40.4 Å². The van der Waals surface area contributed by atoms with Gasteiger partial charge in [0.05, 0.1) is 9.90 Å². The van der Waals surface area contributed by atoms with Gasteiger partial charge in [-0.3, -0.25) is 0 Å². The largest absolute Gasteiger partial charge is 0.367 e. The van der Waals surface area contributed by atoms with Crippen molar-refractivity contribution in [3.63, 3.8) is 0 Å². The lowest BCUT2D eigenvalue weighted by atomic mass is 10.0. The van der Waals surface area contributed by atoms with Crippen molar-refractivity contribution in [3.8, 4) is 22.4 Å². The van der Waals surface area contributed by atoms with Gasteiger partial charge in [-0.25, -0.2) is 0 Å². The standard InChI is InChI=1S/C14H10Cl2N2OS/c1-7-2-4-8(5-3-7)11-12(18-19-14(11)17)9-6-10(15)20-13(9)16/h2-6H,17H2,1H3. The summed E-state index contributed by atoms with van der Waals surface area (Å²) >= 11 is 13.5. The van der Waals surface area contributed by atoms with E-state index >= 15 is 0 Å². The predicted octanol–water partition coefficient (Wildman–Crippen LogP) is 5.27. The Morgan fingerprint density at radius 2 is 1.90 bits per heavy atom. The fraction of sp³-hybridized carbons (Fsp3) is 0.0714. The summed E-state index contributed by atoms with van der Waals surface area (Å²) in [6, 6.07) is 9.73. The third-order valence-electron chi connectivity index (χ3n) is 2.97. The molecule has 0 atom stereocenters. The van der Waals surface area contributed by atoms with Gasteiger partial charge < -0.3 is 10.3 Å². The molecule has 0 aliphatic heterocycles. The molecule has 2 aromatic heterocycles. The van der Waals surface area contributed by atoms with E-state index in [-0.39, 0.29) is 5.88 Å². The third kappa shape index (κ3) is 2.30. The number of halogens is 2. The summed E-state index contributed by atoms with van der Waals surface area (Å²) < 4.78 is 6.29. The van der Waals surface area contributed by atoms with E-state index in [0.29, 0.717) is 14.4 Å². The zero-order chi connectivity index (χ0) is 14.3. The molecular formula is C14H10Cl2N2OS. The topological polar surface area (TPSA) is 52.0 Å². The van der Waals surface area contributed by atoms with Crippen molar-refractivity contribution in [1.29, 1.82) is 0 Å². The van der Waals surface area contributed by atoms with Crippen LogP contribution in [0.1, 0.15) is 5.56 Å². The van der Waals surface area contributed by atoms with Gasteiger partial charge in [0.25, 0.3) is 0 Å². The van der Waals surface area contributed by atoms with Crippen LogP contribution in [0.5, 0.6) is 0 Å². The Morgan fingerprint density at radius 1 is 1.20 bits per heavy atom. The number of nitrogens with zero attached hydrogens (tertiary/aromatic N) is 1. The highest BCUT2D eigenvalue weighted by atomic mass is 35.5. The van der Waals surface area contributed by atoms with Crippen LogP contribution >= 0.6 is 34.5 Å². The first-order valence-corrected chi connectivity index (χ1v) is 7.41. The van der Waals surface area contributed by atoms with Crippen LogP contribution in [0.2, 0.25) is 8.67 Å². The molecule has 2 N–H and O–H groups in total. The molecule has 3 nitrogen and oxygen atoms in total. The minimum Gasteiger partial charge on any atom is -0.367 e. The molecule has 0 spiro atoms. The summed E-state index contributed by atoms with van der Waals surface area (Å²) in [6.45, 7) is 2.02. The van der Waals surface area contributed by atoms with Crippen LogP contribution < -0.4 is 5.73 Å². The minimum atomic E-state index is 0.266. The van der Waals surface area contributed by atoms with Crippen LogP contribution in [-0.4, -0.2) is 5.16 Å². The summed E-state index contributed by atoms with van der Waals surface area (Å²) in [6.07, 6.45) is 0. The smallest absolute Gasteiger partial charge is 0.230 e. The average Bonchev–Trinajstić information content (AvgIpc) is 2.93. The molecule has 0 fully saturated rings. The molecule has 0 saturated carbocycles. The lowest BCUT2D eigenvalue weighted by molar-refractivity contribution is 0.439. The number of anilines is 1. The molecule has 6 heteroatoms. The van der Waals surface area contributed by atoms with Gasteiger partial charge in [-0.1, -0.05) is 58.2 Å². The number of nitrogen functional groups attached to an aromatic ring is 1. The highest BCUT2D eigenvalue weighted by Gasteiger charge is 2.21. The first-order chi connectivity index (χ1) is 9.56. The Bertz CT molecular complexity index is 762. The summed E-state index contributed by atoms with van der Waals surface area (Å²) in [5, 5.41) is 4.02. The molecule has 3 aromatic rings. The maximum absolute atomic E-state index is 6.19. The summed E-state index contributed by atoms with van der Waals surface area (Å²) in [5.41, 5.74) is 10.1. The van der Waals surface area contributed by atoms with Gasteiger partial charge >= 0.3 is 0 Å². The highest BCUT2D eigenvalue weighted by Crippen LogP contribution is 2.43. The van der Waals surface area contributed by atoms with Gasteiger partial charge in [-0.2, -0.15) is 0 Å². The Morgan fingerprint density at radius 3 is 2.50 bits per heavy atom. The van der Waals surface area contributed by atoms with Crippen LogP contribution in [-0.2, 0) is 0 Å². The lowest BCUT2D eigenvalue weighted by Crippen LogP contribution is -1.87. The van der Waals surface area contributed by atoms with Gasteiger partial charge in [-0.15, -0.1) is 11.3 Å². The number of nitrogens with two attached hydrogens (primary N) is 1. The van der Waals surface area contributed by atoms with Crippen LogP contribution in [0.25, 0.3) is 22.4 Å². The SMILES string of the molecule is Cc1ccc(-c2c(-c3cc(Cl)sc3Cl)noc2N)cc1. The highest BCUT2D eigenvalue weighted by molar-refractivity contribution is 7.20. The van der Waals surface area contributed by atoms with Crippen molar-refractivity contribution in [3.05, 3.63) is 44.6 Å². The van der Waals surface area contributed by atoms with Crippen molar-refractivity contribution < 1.29 is 4.52 Å². The zero-order valence-electron chi connectivity index (χ0n) is 10.5. The Hall–Kier alpha value is -1.49. The molecular weight excluding hydrogens is 315 g/mol. The average molecular weight is 325 g/mol. The summed E-state index contributed by atoms with van der Waals surface area (Å²) in [4.78, 5) is 0. The third-order valence-corrected chi connectivity index (χ3v) is 4.46. The predicted molar refractivity (Wildman–Crippen MR) is 84.4 cm³/mol. The molecule has 1 aromatic carbocycles. The van der Waals surface area contributed by atoms with Gasteiger partial charge in [0, 0.05) is 5.56 Å². The van der Waals surface area contributed by atoms with Crippen LogP contribution in [0, 0.1) is 6.92 Å². The quantitative estimate of drug-likeness (QED) is 0.698.